The summed E-state index contributed by atoms with van der Waals surface area (Å²) in [5.74, 6) is 0.352. The summed E-state index contributed by atoms with van der Waals surface area (Å²) in [6.45, 7) is 12.0. The molecule has 1 aromatic rings. The van der Waals surface area contributed by atoms with Crippen molar-refractivity contribution < 1.29 is 9.18 Å². The zero-order valence-electron chi connectivity index (χ0n) is 14.4. The van der Waals surface area contributed by atoms with Gasteiger partial charge in [-0.1, -0.05) is 19.2 Å². The number of carbonyl (C=O) groups excluding carboxylic acids is 1. The monoisotopic (exact) mass is 342 g/mol. The first-order chi connectivity index (χ1) is 12.0. The van der Waals surface area contributed by atoms with Crippen LogP contribution >= 0.6 is 0 Å². The van der Waals surface area contributed by atoms with E-state index in [2.05, 4.69) is 28.4 Å². The lowest BCUT2D eigenvalue weighted by molar-refractivity contribution is -0.127. The van der Waals surface area contributed by atoms with E-state index in [1.807, 2.05) is 13.0 Å². The fourth-order valence-electron chi connectivity index (χ4n) is 2.53. The third kappa shape index (κ3) is 5.04. The van der Waals surface area contributed by atoms with Gasteiger partial charge in [-0.15, -0.1) is 0 Å². The number of nitrogens with zero attached hydrogens (tertiary/aromatic N) is 3. The Balaban J connectivity index is 2.08. The van der Waals surface area contributed by atoms with Crippen LogP contribution in [0.25, 0.3) is 0 Å². The first kappa shape index (κ1) is 18.4. The number of carbonyl (C=O) groups is 1. The van der Waals surface area contributed by atoms with Crippen LogP contribution in [0.4, 0.5) is 10.1 Å². The highest BCUT2D eigenvalue weighted by Gasteiger charge is 2.23. The van der Waals surface area contributed by atoms with Gasteiger partial charge in [0.05, 0.1) is 5.70 Å². The maximum Gasteiger partial charge on any atom is 0.246 e. The Morgan fingerprint density at radius 3 is 2.36 bits per heavy atom. The summed E-state index contributed by atoms with van der Waals surface area (Å²) in [4.78, 5) is 20.0. The lowest BCUT2D eigenvalue weighted by Crippen LogP contribution is -2.51. The number of nitrogens with one attached hydrogen (secondary N) is 1. The summed E-state index contributed by atoms with van der Waals surface area (Å²) < 4.78 is 13.0. The van der Waals surface area contributed by atoms with Crippen LogP contribution in [0.2, 0.25) is 0 Å². The van der Waals surface area contributed by atoms with Crippen LogP contribution in [0, 0.1) is 5.82 Å². The predicted molar refractivity (Wildman–Crippen MR) is 99.8 cm³/mol. The highest BCUT2D eigenvalue weighted by Crippen LogP contribution is 2.14. The molecule has 1 N–H and O–H groups in total. The Kier molecular flexibility index (Phi) is 6.51. The number of halogens is 1. The van der Waals surface area contributed by atoms with Crippen LogP contribution in [0.5, 0.6) is 0 Å². The van der Waals surface area contributed by atoms with Crippen molar-refractivity contribution in [1.82, 2.24) is 9.80 Å². The van der Waals surface area contributed by atoms with Crippen LogP contribution in [0.1, 0.15) is 6.92 Å². The van der Waals surface area contributed by atoms with E-state index in [9.17, 15) is 9.18 Å². The van der Waals surface area contributed by atoms with Crippen LogP contribution in [0.15, 0.2) is 66.5 Å². The van der Waals surface area contributed by atoms with Crippen molar-refractivity contribution >= 4 is 17.4 Å². The van der Waals surface area contributed by atoms with Gasteiger partial charge in [-0.2, -0.15) is 0 Å². The first-order valence-corrected chi connectivity index (χ1v) is 8.12. The number of aliphatic imine (C=N–C) groups is 1. The number of hydrogen-bond donors (Lipinski definition) is 1. The van der Waals surface area contributed by atoms with Crippen LogP contribution < -0.4 is 5.32 Å². The largest absolute Gasteiger partial charge is 0.353 e. The average molecular weight is 342 g/mol. The maximum absolute atomic E-state index is 13.0. The Hall–Kier alpha value is -2.89. The first-order valence-electron chi connectivity index (χ1n) is 8.12. The minimum atomic E-state index is -0.290. The average Bonchev–Trinajstić information content (AvgIpc) is 2.64. The van der Waals surface area contributed by atoms with E-state index in [1.54, 1.807) is 23.2 Å². The summed E-state index contributed by atoms with van der Waals surface area (Å²) in [7, 11) is 0. The van der Waals surface area contributed by atoms with Gasteiger partial charge < -0.3 is 15.1 Å². The van der Waals surface area contributed by atoms with Gasteiger partial charge in [-0.05, 0) is 37.3 Å². The number of rotatable bonds is 5. The third-order valence-corrected chi connectivity index (χ3v) is 3.82. The van der Waals surface area contributed by atoms with E-state index < -0.39 is 0 Å². The van der Waals surface area contributed by atoms with Gasteiger partial charge >= 0.3 is 0 Å². The number of hydrogen-bond acceptors (Lipinski definition) is 3. The van der Waals surface area contributed by atoms with Gasteiger partial charge in [0, 0.05) is 38.1 Å². The Bertz CT molecular complexity index is 686. The van der Waals surface area contributed by atoms with Gasteiger partial charge in [0.1, 0.15) is 5.82 Å². The normalized spacial score (nSPS) is 15.4. The highest BCUT2D eigenvalue weighted by atomic mass is 19.1. The quantitative estimate of drug-likeness (QED) is 0.508. The molecule has 0 spiro atoms. The second-order valence-corrected chi connectivity index (χ2v) is 5.56. The number of anilines is 1. The molecule has 0 aliphatic carbocycles. The van der Waals surface area contributed by atoms with E-state index in [-0.39, 0.29) is 11.7 Å². The number of piperazine rings is 1. The minimum Gasteiger partial charge on any atom is -0.353 e. The molecular formula is C19H23FN4O. The topological polar surface area (TPSA) is 47.9 Å². The van der Waals surface area contributed by atoms with E-state index >= 15 is 0 Å². The molecule has 1 fully saturated rings. The fourth-order valence-corrected chi connectivity index (χ4v) is 2.53. The summed E-state index contributed by atoms with van der Waals surface area (Å²) in [6, 6.07) is 6.07. The molecule has 0 radical (unpaired) electrons. The van der Waals surface area contributed by atoms with Gasteiger partial charge in [0.2, 0.25) is 5.91 Å². The summed E-state index contributed by atoms with van der Waals surface area (Å²) in [5.41, 5.74) is 1.35. The van der Waals surface area contributed by atoms with Crippen molar-refractivity contribution in [2.24, 2.45) is 4.99 Å². The maximum atomic E-state index is 13.0. The van der Waals surface area contributed by atoms with Crippen LogP contribution in [-0.2, 0) is 4.79 Å². The molecule has 0 bridgehead atoms. The van der Waals surface area contributed by atoms with Gasteiger partial charge in [-0.25, -0.2) is 9.38 Å². The number of amides is 1. The van der Waals surface area contributed by atoms with Crippen molar-refractivity contribution in [3.05, 3.63) is 67.3 Å². The molecule has 1 amide bonds. The second kappa shape index (κ2) is 8.82. The summed E-state index contributed by atoms with van der Waals surface area (Å²) in [6.07, 6.45) is 4.87. The smallest absolute Gasteiger partial charge is 0.246 e. The Morgan fingerprint density at radius 1 is 1.20 bits per heavy atom. The molecule has 1 aliphatic rings. The molecular weight excluding hydrogens is 319 g/mol. The minimum absolute atomic E-state index is 0.0603. The molecule has 0 atom stereocenters. The van der Waals surface area contributed by atoms with Crippen LogP contribution in [-0.4, -0.2) is 47.7 Å². The van der Waals surface area contributed by atoms with Crippen molar-refractivity contribution in [2.45, 2.75) is 6.92 Å². The summed E-state index contributed by atoms with van der Waals surface area (Å²) >= 11 is 0. The van der Waals surface area contributed by atoms with E-state index in [4.69, 9.17) is 0 Å². The molecule has 25 heavy (non-hydrogen) atoms. The van der Waals surface area contributed by atoms with Crippen molar-refractivity contribution in [2.75, 3.05) is 31.5 Å². The SMILES string of the molecule is C=CC(=O)N1CCN(C(=N/C=C\C)C(=C)Nc2ccc(F)cc2)CC1. The van der Waals surface area contributed by atoms with Gasteiger partial charge in [0.15, 0.2) is 5.84 Å². The molecule has 1 aromatic carbocycles. The predicted octanol–water partition coefficient (Wildman–Crippen LogP) is 3.01. The molecule has 0 aromatic heterocycles. The van der Waals surface area contributed by atoms with Crippen molar-refractivity contribution in [1.29, 1.82) is 0 Å². The molecule has 1 heterocycles. The highest BCUT2D eigenvalue weighted by molar-refractivity contribution is 6.00. The molecule has 0 saturated carbocycles. The van der Waals surface area contributed by atoms with Crippen molar-refractivity contribution in [3.8, 4) is 0 Å². The zero-order chi connectivity index (χ0) is 18.2. The molecule has 2 rings (SSSR count). The Morgan fingerprint density at radius 2 is 1.80 bits per heavy atom. The molecule has 1 saturated heterocycles. The molecule has 5 nitrogen and oxygen atoms in total. The summed E-state index contributed by atoms with van der Waals surface area (Å²) in [5, 5.41) is 3.16. The molecule has 1 aliphatic heterocycles. The Labute approximate surface area is 147 Å². The number of amidine groups is 1. The number of benzene rings is 1. The van der Waals surface area contributed by atoms with Gasteiger partial charge in [-0.3, -0.25) is 4.79 Å². The van der Waals surface area contributed by atoms with E-state index in [1.165, 1.54) is 18.2 Å². The fraction of sp³-hybridized carbons (Fsp3) is 0.263. The molecule has 0 unspecified atom stereocenters. The molecule has 132 valence electrons. The van der Waals surface area contributed by atoms with E-state index in [0.717, 1.165) is 5.69 Å². The van der Waals surface area contributed by atoms with E-state index in [0.29, 0.717) is 37.7 Å². The third-order valence-electron chi connectivity index (χ3n) is 3.82. The lowest BCUT2D eigenvalue weighted by Gasteiger charge is -2.36. The molecule has 6 heteroatoms. The van der Waals surface area contributed by atoms with Crippen LogP contribution in [0.3, 0.4) is 0 Å². The van der Waals surface area contributed by atoms with Crippen molar-refractivity contribution in [3.63, 3.8) is 0 Å². The van der Waals surface area contributed by atoms with Gasteiger partial charge in [0.25, 0.3) is 0 Å². The zero-order valence-corrected chi connectivity index (χ0v) is 14.4. The number of allylic oxidation sites excluding steroid dienone is 1. The lowest BCUT2D eigenvalue weighted by atomic mass is 10.2. The standard InChI is InChI=1S/C19H23FN4O/c1-4-10-21-19(15(3)22-17-8-6-16(20)7-9-17)24-13-11-23(12-14-24)18(25)5-2/h4-10,22H,2-3,11-14H2,1H3/b10-4-,21-19?. The second-order valence-electron chi connectivity index (χ2n) is 5.56.